The highest BCUT2D eigenvalue weighted by molar-refractivity contribution is 5.33. The summed E-state index contributed by atoms with van der Waals surface area (Å²) in [5.41, 5.74) is 2.82. The fourth-order valence-electron chi connectivity index (χ4n) is 1.02. The summed E-state index contributed by atoms with van der Waals surface area (Å²) in [5.74, 6) is -0.227. The first kappa shape index (κ1) is 11.8. The lowest BCUT2D eigenvalue weighted by atomic mass is 10.2. The first-order valence-corrected chi connectivity index (χ1v) is 4.12. The molecule has 0 spiro atoms. The number of hydrogen-bond acceptors (Lipinski definition) is 3. The topological polar surface area (TPSA) is 30.5 Å². The van der Waals surface area contributed by atoms with Crippen molar-refractivity contribution in [1.82, 2.24) is 5.48 Å². The van der Waals surface area contributed by atoms with Gasteiger partial charge >= 0.3 is 6.36 Å². The van der Waals surface area contributed by atoms with Gasteiger partial charge in [0.1, 0.15) is 5.75 Å². The van der Waals surface area contributed by atoms with Crippen LogP contribution in [0.1, 0.15) is 5.56 Å². The summed E-state index contributed by atoms with van der Waals surface area (Å²) in [6, 6.07) is 5.86. The molecule has 0 aliphatic carbocycles. The zero-order valence-corrected chi connectivity index (χ0v) is 7.97. The molecule has 1 N–H and O–H groups in total. The number of nitrogens with one attached hydrogen (secondary N) is 1. The number of hydrogen-bond donors (Lipinski definition) is 1. The molecule has 0 radical (unpaired) electrons. The Morgan fingerprint density at radius 3 is 2.53 bits per heavy atom. The molecule has 3 nitrogen and oxygen atoms in total. The fraction of sp³-hybridized carbons (Fsp3) is 0.333. The van der Waals surface area contributed by atoms with E-state index in [0.717, 1.165) is 0 Å². The third kappa shape index (κ3) is 4.18. The van der Waals surface area contributed by atoms with Crippen LogP contribution in [0, 0.1) is 0 Å². The van der Waals surface area contributed by atoms with Crippen LogP contribution in [0.15, 0.2) is 24.3 Å². The molecule has 0 amide bonds. The van der Waals surface area contributed by atoms with Crippen LogP contribution in [0.4, 0.5) is 13.2 Å². The lowest BCUT2D eigenvalue weighted by Crippen LogP contribution is -2.19. The number of hydroxylamine groups is 1. The van der Waals surface area contributed by atoms with Gasteiger partial charge in [-0.2, -0.15) is 5.48 Å². The van der Waals surface area contributed by atoms with E-state index < -0.39 is 6.36 Å². The maximum Gasteiger partial charge on any atom is 0.573 e. The van der Waals surface area contributed by atoms with E-state index in [0.29, 0.717) is 5.56 Å². The highest BCUT2D eigenvalue weighted by Crippen LogP contribution is 2.25. The second kappa shape index (κ2) is 4.99. The molecule has 0 atom stereocenters. The van der Waals surface area contributed by atoms with Crippen molar-refractivity contribution in [3.8, 4) is 5.75 Å². The van der Waals surface area contributed by atoms with Crippen molar-refractivity contribution in [3.05, 3.63) is 29.8 Å². The van der Waals surface area contributed by atoms with Crippen molar-refractivity contribution in [1.29, 1.82) is 0 Å². The summed E-state index contributed by atoms with van der Waals surface area (Å²) in [4.78, 5) is 4.54. The summed E-state index contributed by atoms with van der Waals surface area (Å²) in [5, 5.41) is 0. The van der Waals surface area contributed by atoms with Crippen LogP contribution in [0.25, 0.3) is 0 Å². The molecule has 0 aliphatic rings. The number of benzene rings is 1. The Morgan fingerprint density at radius 1 is 1.27 bits per heavy atom. The van der Waals surface area contributed by atoms with E-state index in [1.807, 2.05) is 0 Å². The number of rotatable bonds is 4. The van der Waals surface area contributed by atoms with Gasteiger partial charge in [0.15, 0.2) is 0 Å². The number of ether oxygens (including phenoxy) is 1. The molecule has 15 heavy (non-hydrogen) atoms. The first-order chi connectivity index (χ1) is 7.03. The molecule has 0 heterocycles. The van der Waals surface area contributed by atoms with E-state index >= 15 is 0 Å². The standard InChI is InChI=1S/C9H10F3NO2/c1-14-13-6-7-4-2-3-5-8(7)15-9(10,11)12/h2-5,13H,6H2,1H3. The molecular weight excluding hydrogens is 211 g/mol. The van der Waals surface area contributed by atoms with Crippen LogP contribution in [0.5, 0.6) is 5.75 Å². The zero-order valence-electron chi connectivity index (χ0n) is 7.97. The summed E-state index contributed by atoms with van der Waals surface area (Å²) in [6.45, 7) is 0.142. The Kier molecular flexibility index (Phi) is 3.93. The summed E-state index contributed by atoms with van der Waals surface area (Å²) >= 11 is 0. The Balaban J connectivity index is 2.77. The van der Waals surface area contributed by atoms with Crippen molar-refractivity contribution in [2.24, 2.45) is 0 Å². The minimum absolute atomic E-state index is 0.142. The van der Waals surface area contributed by atoms with Crippen molar-refractivity contribution < 1.29 is 22.7 Å². The van der Waals surface area contributed by atoms with Gasteiger partial charge in [0.25, 0.3) is 0 Å². The molecule has 0 aromatic heterocycles. The quantitative estimate of drug-likeness (QED) is 0.791. The van der Waals surface area contributed by atoms with Gasteiger partial charge in [0, 0.05) is 12.1 Å². The van der Waals surface area contributed by atoms with E-state index in [1.54, 1.807) is 6.07 Å². The van der Waals surface area contributed by atoms with Crippen LogP contribution in [0.3, 0.4) is 0 Å². The van der Waals surface area contributed by atoms with Crippen LogP contribution in [0.2, 0.25) is 0 Å². The van der Waals surface area contributed by atoms with E-state index in [2.05, 4.69) is 15.1 Å². The largest absolute Gasteiger partial charge is 0.573 e. The SMILES string of the molecule is CONCc1ccccc1OC(F)(F)F. The van der Waals surface area contributed by atoms with Gasteiger partial charge in [0.05, 0.1) is 7.11 Å². The zero-order chi connectivity index (χ0) is 11.3. The fourth-order valence-corrected chi connectivity index (χ4v) is 1.02. The number of alkyl halides is 3. The van der Waals surface area contributed by atoms with E-state index in [4.69, 9.17) is 0 Å². The molecule has 1 aromatic carbocycles. The molecule has 1 aromatic rings. The maximum absolute atomic E-state index is 12.0. The van der Waals surface area contributed by atoms with Crippen molar-refractivity contribution in [2.45, 2.75) is 12.9 Å². The smallest absolute Gasteiger partial charge is 0.405 e. The minimum atomic E-state index is -4.68. The Labute approximate surface area is 84.8 Å². The van der Waals surface area contributed by atoms with Crippen LogP contribution >= 0.6 is 0 Å². The van der Waals surface area contributed by atoms with Gasteiger partial charge in [-0.3, -0.25) is 0 Å². The van der Waals surface area contributed by atoms with Crippen molar-refractivity contribution in [2.75, 3.05) is 7.11 Å². The number of para-hydroxylation sites is 1. The summed E-state index contributed by atoms with van der Waals surface area (Å²) in [7, 11) is 1.38. The Hall–Kier alpha value is -1.27. The molecular formula is C9H10F3NO2. The van der Waals surface area contributed by atoms with Gasteiger partial charge in [-0.25, -0.2) is 0 Å². The lowest BCUT2D eigenvalue weighted by molar-refractivity contribution is -0.275. The molecule has 84 valence electrons. The predicted molar refractivity (Wildman–Crippen MR) is 47.0 cm³/mol. The van der Waals surface area contributed by atoms with Crippen molar-refractivity contribution >= 4 is 0 Å². The average Bonchev–Trinajstić information content (AvgIpc) is 2.14. The number of halogens is 3. The molecule has 0 saturated carbocycles. The van der Waals surface area contributed by atoms with Gasteiger partial charge < -0.3 is 9.57 Å². The summed E-state index contributed by atoms with van der Waals surface area (Å²) in [6.07, 6.45) is -4.68. The van der Waals surface area contributed by atoms with Crippen LogP contribution < -0.4 is 10.2 Å². The van der Waals surface area contributed by atoms with E-state index in [-0.39, 0.29) is 12.3 Å². The van der Waals surface area contributed by atoms with E-state index in [1.165, 1.54) is 25.3 Å². The van der Waals surface area contributed by atoms with Gasteiger partial charge in [-0.15, -0.1) is 13.2 Å². The van der Waals surface area contributed by atoms with Crippen molar-refractivity contribution in [3.63, 3.8) is 0 Å². The molecule has 6 heteroatoms. The highest BCUT2D eigenvalue weighted by atomic mass is 19.4. The first-order valence-electron chi connectivity index (χ1n) is 4.12. The Morgan fingerprint density at radius 2 is 1.93 bits per heavy atom. The summed E-state index contributed by atoms with van der Waals surface area (Å²) < 4.78 is 39.7. The normalized spacial score (nSPS) is 11.5. The highest BCUT2D eigenvalue weighted by Gasteiger charge is 2.31. The third-order valence-electron chi connectivity index (χ3n) is 1.61. The lowest BCUT2D eigenvalue weighted by Gasteiger charge is -2.12. The maximum atomic E-state index is 12.0. The Bertz CT molecular complexity index is 314. The van der Waals surface area contributed by atoms with Gasteiger partial charge in [-0.1, -0.05) is 18.2 Å². The van der Waals surface area contributed by atoms with Crippen LogP contribution in [-0.2, 0) is 11.4 Å². The predicted octanol–water partition coefficient (Wildman–Crippen LogP) is 2.24. The second-order valence-electron chi connectivity index (χ2n) is 2.68. The van der Waals surface area contributed by atoms with Gasteiger partial charge in [0.2, 0.25) is 0 Å². The molecule has 0 saturated heterocycles. The second-order valence-corrected chi connectivity index (χ2v) is 2.68. The molecule has 0 fully saturated rings. The molecule has 0 unspecified atom stereocenters. The van der Waals surface area contributed by atoms with E-state index in [9.17, 15) is 13.2 Å². The van der Waals surface area contributed by atoms with Crippen LogP contribution in [-0.4, -0.2) is 13.5 Å². The van der Waals surface area contributed by atoms with Gasteiger partial charge in [-0.05, 0) is 6.07 Å². The third-order valence-corrected chi connectivity index (χ3v) is 1.61. The average molecular weight is 221 g/mol. The molecule has 0 aliphatic heterocycles. The molecule has 1 rings (SSSR count). The minimum Gasteiger partial charge on any atom is -0.405 e. The monoisotopic (exact) mass is 221 g/mol. The molecule has 0 bridgehead atoms.